The first-order valence-electron chi connectivity index (χ1n) is 4.62. The molecule has 5 heteroatoms. The second kappa shape index (κ2) is 2.59. The number of nitrogens with two attached hydrogens (primary N) is 1. The van der Waals surface area contributed by atoms with E-state index in [0.717, 1.165) is 0 Å². The van der Waals surface area contributed by atoms with E-state index in [9.17, 15) is 13.2 Å². The van der Waals surface area contributed by atoms with E-state index in [1.165, 1.54) is 6.08 Å². The van der Waals surface area contributed by atoms with Crippen molar-refractivity contribution < 1.29 is 13.2 Å². The molecule has 0 spiro atoms. The van der Waals surface area contributed by atoms with Gasteiger partial charge in [0.1, 0.15) is 0 Å². The minimum absolute atomic E-state index is 0.273. The maximum absolute atomic E-state index is 11.9. The Morgan fingerprint density at radius 2 is 2.07 bits per heavy atom. The molecule has 2 N–H and O–H groups in total. The van der Waals surface area contributed by atoms with E-state index >= 15 is 0 Å². The van der Waals surface area contributed by atoms with Gasteiger partial charge in [-0.3, -0.25) is 4.79 Å². The van der Waals surface area contributed by atoms with E-state index < -0.39 is 20.5 Å². The molecule has 2 aliphatic carbocycles. The van der Waals surface area contributed by atoms with Gasteiger partial charge >= 0.3 is 0 Å². The predicted molar refractivity (Wildman–Crippen MR) is 52.2 cm³/mol. The molecule has 0 aromatic rings. The van der Waals surface area contributed by atoms with Crippen LogP contribution in [0.3, 0.4) is 0 Å². The number of allylic oxidation sites excluding steroid dienone is 1. The standard InChI is InChI=1S/C9H13NO3S/c1-2-6-5-9(6,8(10)11)14(12,13)7-3-4-7/h2,6-7H,1,3-5H2,(H2,10,11). The van der Waals surface area contributed by atoms with Gasteiger partial charge in [-0.2, -0.15) is 0 Å². The number of hydrogen-bond acceptors (Lipinski definition) is 3. The fraction of sp³-hybridized carbons (Fsp3) is 0.667. The van der Waals surface area contributed by atoms with Gasteiger partial charge in [-0.25, -0.2) is 8.42 Å². The lowest BCUT2D eigenvalue weighted by atomic mass is 10.3. The van der Waals surface area contributed by atoms with Crippen molar-refractivity contribution in [3.8, 4) is 0 Å². The summed E-state index contributed by atoms with van der Waals surface area (Å²) >= 11 is 0. The second-order valence-electron chi connectivity index (χ2n) is 4.04. The van der Waals surface area contributed by atoms with Gasteiger partial charge in [0.05, 0.1) is 5.25 Å². The zero-order chi connectivity index (χ0) is 10.6. The Morgan fingerprint density at radius 3 is 2.36 bits per heavy atom. The third-order valence-corrected chi connectivity index (χ3v) is 6.17. The molecule has 0 bridgehead atoms. The third kappa shape index (κ3) is 0.987. The van der Waals surface area contributed by atoms with Crippen LogP contribution in [0.1, 0.15) is 19.3 Å². The molecule has 0 aliphatic heterocycles. The lowest BCUT2D eigenvalue weighted by Gasteiger charge is -2.12. The largest absolute Gasteiger partial charge is 0.368 e. The number of rotatable bonds is 4. The molecule has 4 nitrogen and oxygen atoms in total. The zero-order valence-corrected chi connectivity index (χ0v) is 8.59. The Balaban J connectivity index is 2.39. The summed E-state index contributed by atoms with van der Waals surface area (Å²) in [5.41, 5.74) is 5.18. The van der Waals surface area contributed by atoms with Gasteiger partial charge in [0.15, 0.2) is 14.6 Å². The van der Waals surface area contributed by atoms with Crippen LogP contribution < -0.4 is 5.73 Å². The van der Waals surface area contributed by atoms with Crippen molar-refractivity contribution in [3.63, 3.8) is 0 Å². The van der Waals surface area contributed by atoms with Crippen LogP contribution in [0.5, 0.6) is 0 Å². The van der Waals surface area contributed by atoms with Crippen LogP contribution in [-0.2, 0) is 14.6 Å². The van der Waals surface area contributed by atoms with Crippen molar-refractivity contribution in [3.05, 3.63) is 12.7 Å². The molecule has 2 unspecified atom stereocenters. The summed E-state index contributed by atoms with van der Waals surface area (Å²) in [4.78, 5) is 11.2. The highest BCUT2D eigenvalue weighted by Gasteiger charge is 2.69. The smallest absolute Gasteiger partial charge is 0.239 e. The first-order chi connectivity index (χ1) is 6.46. The summed E-state index contributed by atoms with van der Waals surface area (Å²) in [6, 6.07) is 0. The summed E-state index contributed by atoms with van der Waals surface area (Å²) < 4.78 is 22.6. The van der Waals surface area contributed by atoms with Crippen molar-refractivity contribution in [2.24, 2.45) is 11.7 Å². The molecule has 0 radical (unpaired) electrons. The highest BCUT2D eigenvalue weighted by atomic mass is 32.2. The van der Waals surface area contributed by atoms with Gasteiger partial charge in [-0.1, -0.05) is 6.08 Å². The number of sulfone groups is 1. The number of carbonyl (C=O) groups excluding carboxylic acids is 1. The first-order valence-corrected chi connectivity index (χ1v) is 6.17. The molecular weight excluding hydrogens is 202 g/mol. The number of primary amides is 1. The zero-order valence-electron chi connectivity index (χ0n) is 7.77. The molecule has 1 amide bonds. The minimum Gasteiger partial charge on any atom is -0.368 e. The summed E-state index contributed by atoms with van der Waals surface area (Å²) in [5, 5.41) is -0.333. The van der Waals surface area contributed by atoms with Gasteiger partial charge < -0.3 is 5.73 Å². The molecular formula is C9H13NO3S. The SMILES string of the molecule is C=CC1CC1(C(N)=O)S(=O)(=O)C1CC1. The van der Waals surface area contributed by atoms with Crippen LogP contribution >= 0.6 is 0 Å². The molecule has 2 aliphatic rings. The molecule has 2 atom stereocenters. The molecule has 0 aromatic carbocycles. The molecule has 2 fully saturated rings. The summed E-state index contributed by atoms with van der Waals surface area (Å²) in [6.45, 7) is 3.52. The molecule has 14 heavy (non-hydrogen) atoms. The minimum atomic E-state index is -3.36. The monoisotopic (exact) mass is 215 g/mol. The molecule has 78 valence electrons. The molecule has 0 heterocycles. The van der Waals surface area contributed by atoms with Gasteiger partial charge in [-0.05, 0) is 19.3 Å². The average molecular weight is 215 g/mol. The number of hydrogen-bond donors (Lipinski definition) is 1. The van der Waals surface area contributed by atoms with E-state index in [4.69, 9.17) is 5.73 Å². The number of amides is 1. The fourth-order valence-electron chi connectivity index (χ4n) is 1.97. The van der Waals surface area contributed by atoms with E-state index in [1.54, 1.807) is 0 Å². The molecule has 2 saturated carbocycles. The fourth-order valence-corrected chi connectivity index (χ4v) is 4.53. The summed E-state index contributed by atoms with van der Waals surface area (Å²) in [7, 11) is -3.36. The highest BCUT2D eigenvalue weighted by molar-refractivity contribution is 7.94. The second-order valence-corrected chi connectivity index (χ2v) is 6.53. The Kier molecular flexibility index (Phi) is 1.80. The Morgan fingerprint density at radius 1 is 1.50 bits per heavy atom. The molecule has 2 rings (SSSR count). The summed E-state index contributed by atoms with van der Waals surface area (Å²) in [6.07, 6.45) is 3.18. The average Bonchev–Trinajstić information content (AvgIpc) is 2.98. The maximum Gasteiger partial charge on any atom is 0.239 e. The van der Waals surface area contributed by atoms with Crippen molar-refractivity contribution >= 4 is 15.7 Å². The van der Waals surface area contributed by atoms with E-state index in [2.05, 4.69) is 6.58 Å². The van der Waals surface area contributed by atoms with Crippen LogP contribution in [0.2, 0.25) is 0 Å². The van der Waals surface area contributed by atoms with E-state index in [-0.39, 0.29) is 11.2 Å². The van der Waals surface area contributed by atoms with Crippen molar-refractivity contribution in [2.75, 3.05) is 0 Å². The molecule has 0 saturated heterocycles. The lowest BCUT2D eigenvalue weighted by molar-refractivity contribution is -0.118. The van der Waals surface area contributed by atoms with Gasteiger partial charge in [0.25, 0.3) is 0 Å². The molecule has 0 aromatic heterocycles. The van der Waals surface area contributed by atoms with Crippen LogP contribution in [0, 0.1) is 5.92 Å². The van der Waals surface area contributed by atoms with Crippen LogP contribution in [0.15, 0.2) is 12.7 Å². The normalized spacial score (nSPS) is 36.4. The lowest BCUT2D eigenvalue weighted by Crippen LogP contribution is -2.41. The van der Waals surface area contributed by atoms with Gasteiger partial charge in [0, 0.05) is 5.92 Å². The van der Waals surface area contributed by atoms with Crippen LogP contribution in [0.25, 0.3) is 0 Å². The third-order valence-electron chi connectivity index (χ3n) is 3.13. The van der Waals surface area contributed by atoms with Gasteiger partial charge in [0.2, 0.25) is 5.91 Å². The Labute approximate surface area is 83.1 Å². The van der Waals surface area contributed by atoms with Gasteiger partial charge in [-0.15, -0.1) is 6.58 Å². The Hall–Kier alpha value is -0.840. The van der Waals surface area contributed by atoms with Crippen molar-refractivity contribution in [1.29, 1.82) is 0 Å². The maximum atomic E-state index is 11.9. The van der Waals surface area contributed by atoms with Crippen LogP contribution in [0.4, 0.5) is 0 Å². The van der Waals surface area contributed by atoms with E-state index in [0.29, 0.717) is 19.3 Å². The number of carbonyl (C=O) groups is 1. The van der Waals surface area contributed by atoms with Crippen molar-refractivity contribution in [2.45, 2.75) is 29.3 Å². The topological polar surface area (TPSA) is 77.2 Å². The van der Waals surface area contributed by atoms with Crippen LogP contribution in [-0.4, -0.2) is 24.3 Å². The van der Waals surface area contributed by atoms with Crippen molar-refractivity contribution in [1.82, 2.24) is 0 Å². The Bertz CT molecular complexity index is 396. The van der Waals surface area contributed by atoms with E-state index in [1.807, 2.05) is 0 Å². The quantitative estimate of drug-likeness (QED) is 0.670. The summed E-state index contributed by atoms with van der Waals surface area (Å²) in [5.74, 6) is -0.986. The highest BCUT2D eigenvalue weighted by Crippen LogP contribution is 2.55. The first kappa shape index (κ1) is 9.71. The predicted octanol–water partition coefficient (Wildman–Crippen LogP) is -0.00640.